The van der Waals surface area contributed by atoms with E-state index in [9.17, 15) is 0 Å². The quantitative estimate of drug-likeness (QED) is 0.885. The first kappa shape index (κ1) is 15.2. The van der Waals surface area contributed by atoms with Crippen molar-refractivity contribution in [3.8, 4) is 0 Å². The van der Waals surface area contributed by atoms with Crippen LogP contribution in [0.4, 0.5) is 0 Å². The van der Waals surface area contributed by atoms with Crippen molar-refractivity contribution in [2.24, 2.45) is 5.92 Å². The minimum atomic E-state index is -0.0806. The number of nitrogens with zero attached hydrogens (tertiary/aromatic N) is 2. The minimum Gasteiger partial charge on any atom is -0.340 e. The Labute approximate surface area is 132 Å². The topological polar surface area (TPSA) is 51.0 Å². The van der Waals surface area contributed by atoms with Crippen molar-refractivity contribution in [1.82, 2.24) is 15.5 Å². The van der Waals surface area contributed by atoms with E-state index < -0.39 is 0 Å². The fraction of sp³-hybridized carbons (Fsp3) is 0.556. The van der Waals surface area contributed by atoms with Gasteiger partial charge < -0.3 is 9.84 Å². The van der Waals surface area contributed by atoms with Crippen LogP contribution in [0.2, 0.25) is 0 Å². The molecule has 3 rings (SSSR count). The lowest BCUT2D eigenvalue weighted by Gasteiger charge is -2.28. The zero-order valence-corrected chi connectivity index (χ0v) is 13.5. The summed E-state index contributed by atoms with van der Waals surface area (Å²) in [5.41, 5.74) is 1.32. The molecule has 1 saturated carbocycles. The lowest BCUT2D eigenvalue weighted by atomic mass is 9.94. The molecular formula is C18H25N3O. The van der Waals surface area contributed by atoms with Crippen LogP contribution in [0.3, 0.4) is 0 Å². The molecule has 1 atom stereocenters. The van der Waals surface area contributed by atoms with E-state index in [1.165, 1.54) is 18.4 Å². The summed E-state index contributed by atoms with van der Waals surface area (Å²) in [6, 6.07) is 10.7. The van der Waals surface area contributed by atoms with E-state index in [1.807, 2.05) is 6.92 Å². The van der Waals surface area contributed by atoms with E-state index in [2.05, 4.69) is 52.7 Å². The van der Waals surface area contributed by atoms with E-state index in [-0.39, 0.29) is 5.54 Å². The zero-order chi connectivity index (χ0) is 15.4. The molecule has 0 radical (unpaired) electrons. The zero-order valence-electron chi connectivity index (χ0n) is 13.5. The van der Waals surface area contributed by atoms with Gasteiger partial charge in [0, 0.05) is 6.92 Å². The maximum Gasteiger partial charge on any atom is 0.223 e. The molecule has 0 aliphatic heterocycles. The van der Waals surface area contributed by atoms with Gasteiger partial charge in [-0.1, -0.05) is 55.3 Å². The Morgan fingerprint density at radius 2 is 1.95 bits per heavy atom. The molecule has 1 aliphatic carbocycles. The standard InChI is InChI=1S/C18H25N3O/c1-14(12-16-8-4-3-5-9-16)13-19-18(10-6-7-11-18)17-20-15(2)22-21-17/h3-5,8-9,14,19H,6-7,10-13H2,1-2H3. The molecule has 4 nitrogen and oxygen atoms in total. The van der Waals surface area contributed by atoms with Crippen molar-refractivity contribution < 1.29 is 4.52 Å². The van der Waals surface area contributed by atoms with Gasteiger partial charge in [0.15, 0.2) is 5.82 Å². The van der Waals surface area contributed by atoms with Crippen molar-refractivity contribution in [3.05, 3.63) is 47.6 Å². The largest absolute Gasteiger partial charge is 0.340 e. The maximum atomic E-state index is 5.20. The van der Waals surface area contributed by atoms with Crippen molar-refractivity contribution in [2.75, 3.05) is 6.54 Å². The van der Waals surface area contributed by atoms with Gasteiger partial charge in [0.2, 0.25) is 5.89 Å². The molecule has 22 heavy (non-hydrogen) atoms. The van der Waals surface area contributed by atoms with E-state index in [4.69, 9.17) is 4.52 Å². The Morgan fingerprint density at radius 1 is 1.23 bits per heavy atom. The van der Waals surface area contributed by atoms with Gasteiger partial charge in [-0.05, 0) is 37.3 Å². The van der Waals surface area contributed by atoms with Crippen molar-refractivity contribution >= 4 is 0 Å². The molecular weight excluding hydrogens is 274 g/mol. The van der Waals surface area contributed by atoms with E-state index >= 15 is 0 Å². The molecule has 1 aromatic heterocycles. The predicted molar refractivity (Wildman–Crippen MR) is 86.5 cm³/mol. The number of rotatable bonds is 6. The first-order valence-electron chi connectivity index (χ1n) is 8.28. The number of hydrogen-bond donors (Lipinski definition) is 1. The number of aryl methyl sites for hydroxylation is 1. The third-order valence-corrected chi connectivity index (χ3v) is 4.63. The van der Waals surface area contributed by atoms with Crippen molar-refractivity contribution in [3.63, 3.8) is 0 Å². The molecule has 1 heterocycles. The second kappa shape index (κ2) is 6.61. The van der Waals surface area contributed by atoms with Gasteiger partial charge in [-0.25, -0.2) is 0 Å². The first-order chi connectivity index (χ1) is 10.7. The average molecular weight is 299 g/mol. The molecule has 4 heteroatoms. The first-order valence-corrected chi connectivity index (χ1v) is 8.28. The van der Waals surface area contributed by atoms with Crippen LogP contribution < -0.4 is 5.32 Å². The lowest BCUT2D eigenvalue weighted by molar-refractivity contribution is 0.283. The number of hydrogen-bond acceptors (Lipinski definition) is 4. The number of benzene rings is 1. The van der Waals surface area contributed by atoms with Gasteiger partial charge >= 0.3 is 0 Å². The summed E-state index contributed by atoms with van der Waals surface area (Å²) in [6.07, 6.45) is 5.75. The SMILES string of the molecule is Cc1nc(C2(NCC(C)Cc3ccccc3)CCCC2)no1. The van der Waals surface area contributed by atoms with Crippen molar-refractivity contribution in [1.29, 1.82) is 0 Å². The third-order valence-electron chi connectivity index (χ3n) is 4.63. The van der Waals surface area contributed by atoms with Crippen LogP contribution >= 0.6 is 0 Å². The molecule has 2 aromatic rings. The Morgan fingerprint density at radius 3 is 2.59 bits per heavy atom. The number of aromatic nitrogens is 2. The highest BCUT2D eigenvalue weighted by atomic mass is 16.5. The summed E-state index contributed by atoms with van der Waals surface area (Å²) in [4.78, 5) is 4.49. The molecule has 1 unspecified atom stereocenters. The van der Waals surface area contributed by atoms with Crippen LogP contribution in [0.5, 0.6) is 0 Å². The molecule has 118 valence electrons. The normalized spacial score (nSPS) is 18.5. The Balaban J connectivity index is 1.62. The summed E-state index contributed by atoms with van der Waals surface area (Å²) in [7, 11) is 0. The predicted octanol–water partition coefficient (Wildman–Crippen LogP) is 3.62. The van der Waals surface area contributed by atoms with Crippen LogP contribution in [0, 0.1) is 12.8 Å². The average Bonchev–Trinajstić information content (AvgIpc) is 3.16. The van der Waals surface area contributed by atoms with Crippen LogP contribution in [0.25, 0.3) is 0 Å². The molecule has 1 aromatic carbocycles. The fourth-order valence-corrected chi connectivity index (χ4v) is 3.41. The minimum absolute atomic E-state index is 0.0806. The Kier molecular flexibility index (Phi) is 4.57. The Bertz CT molecular complexity index is 587. The van der Waals surface area contributed by atoms with Crippen molar-refractivity contribution in [2.45, 2.75) is 51.5 Å². The second-order valence-corrected chi connectivity index (χ2v) is 6.60. The highest BCUT2D eigenvalue weighted by molar-refractivity contribution is 5.15. The van der Waals surface area contributed by atoms with E-state index in [0.29, 0.717) is 11.8 Å². The number of nitrogens with one attached hydrogen (secondary N) is 1. The van der Waals surface area contributed by atoms with E-state index in [0.717, 1.165) is 31.6 Å². The summed E-state index contributed by atoms with van der Waals surface area (Å²) in [5, 5.41) is 7.94. The highest BCUT2D eigenvalue weighted by Gasteiger charge is 2.39. The molecule has 1 fully saturated rings. The van der Waals surface area contributed by atoms with Gasteiger partial charge in [-0.2, -0.15) is 4.98 Å². The van der Waals surface area contributed by atoms with Gasteiger partial charge in [-0.3, -0.25) is 0 Å². The van der Waals surface area contributed by atoms with Crippen LogP contribution in [-0.2, 0) is 12.0 Å². The summed E-state index contributed by atoms with van der Waals surface area (Å²) in [5.74, 6) is 2.07. The molecule has 0 amide bonds. The van der Waals surface area contributed by atoms with Gasteiger partial charge in [-0.15, -0.1) is 0 Å². The van der Waals surface area contributed by atoms with Gasteiger partial charge in [0.1, 0.15) is 0 Å². The fourth-order valence-electron chi connectivity index (χ4n) is 3.41. The van der Waals surface area contributed by atoms with Crippen LogP contribution in [0.15, 0.2) is 34.9 Å². The van der Waals surface area contributed by atoms with Gasteiger partial charge in [0.25, 0.3) is 0 Å². The molecule has 0 bridgehead atoms. The van der Waals surface area contributed by atoms with E-state index in [1.54, 1.807) is 0 Å². The summed E-state index contributed by atoms with van der Waals surface area (Å²) < 4.78 is 5.20. The van der Waals surface area contributed by atoms with Gasteiger partial charge in [0.05, 0.1) is 5.54 Å². The molecule has 1 aliphatic rings. The molecule has 0 spiro atoms. The maximum absolute atomic E-state index is 5.20. The summed E-state index contributed by atoms with van der Waals surface area (Å²) in [6.45, 7) is 5.13. The Hall–Kier alpha value is -1.68. The third kappa shape index (κ3) is 3.38. The monoisotopic (exact) mass is 299 g/mol. The van der Waals surface area contributed by atoms with Crippen LogP contribution in [0.1, 0.15) is 49.9 Å². The highest BCUT2D eigenvalue weighted by Crippen LogP contribution is 2.37. The lowest BCUT2D eigenvalue weighted by Crippen LogP contribution is -2.43. The molecule has 0 saturated heterocycles. The molecule has 1 N–H and O–H groups in total. The smallest absolute Gasteiger partial charge is 0.223 e. The summed E-state index contributed by atoms with van der Waals surface area (Å²) >= 11 is 0. The second-order valence-electron chi connectivity index (χ2n) is 6.60. The van der Waals surface area contributed by atoms with Crippen LogP contribution in [-0.4, -0.2) is 16.7 Å².